The molecule has 120 valence electrons. The number of hydrogen-bond donors (Lipinski definition) is 1. The summed E-state index contributed by atoms with van der Waals surface area (Å²) in [7, 11) is 1.37. The smallest absolute Gasteiger partial charge is 0.338 e. The van der Waals surface area contributed by atoms with E-state index in [1.807, 2.05) is 38.1 Å². The van der Waals surface area contributed by atoms with E-state index < -0.39 is 12.0 Å². The van der Waals surface area contributed by atoms with Crippen LogP contribution >= 0.6 is 0 Å². The van der Waals surface area contributed by atoms with Crippen LogP contribution in [0.25, 0.3) is 0 Å². The number of carbonyl (C=O) groups excluding carboxylic acids is 1. The van der Waals surface area contributed by atoms with Gasteiger partial charge in [0.2, 0.25) is 5.95 Å². The van der Waals surface area contributed by atoms with E-state index in [4.69, 9.17) is 9.47 Å². The molecule has 0 radical (unpaired) electrons. The summed E-state index contributed by atoms with van der Waals surface area (Å²) < 4.78 is 12.4. The number of allylic oxidation sites excluding steroid dienone is 1. The molecule has 0 bridgehead atoms. The third kappa shape index (κ3) is 2.54. The van der Waals surface area contributed by atoms with Gasteiger partial charge in [-0.15, -0.1) is 0 Å². The highest BCUT2D eigenvalue weighted by atomic mass is 16.5. The number of hydrogen-bond acceptors (Lipinski definition) is 6. The van der Waals surface area contributed by atoms with Crippen molar-refractivity contribution >= 4 is 11.9 Å². The fraction of sp³-hybridized carbons (Fsp3) is 0.312. The maximum atomic E-state index is 12.3. The van der Waals surface area contributed by atoms with E-state index in [0.717, 1.165) is 5.56 Å². The van der Waals surface area contributed by atoms with E-state index in [-0.39, 0.29) is 0 Å². The lowest BCUT2D eigenvalue weighted by Gasteiger charge is -2.28. The van der Waals surface area contributed by atoms with Crippen LogP contribution in [-0.4, -0.2) is 34.5 Å². The van der Waals surface area contributed by atoms with E-state index in [1.54, 1.807) is 4.68 Å². The molecular formula is C16H18N4O3. The minimum Gasteiger partial charge on any atom is -0.494 e. The normalized spacial score (nSPS) is 16.6. The highest BCUT2D eigenvalue weighted by Gasteiger charge is 2.35. The summed E-state index contributed by atoms with van der Waals surface area (Å²) in [6.07, 6.45) is 1.45. The average molecular weight is 314 g/mol. The van der Waals surface area contributed by atoms with Crippen molar-refractivity contribution in [2.45, 2.75) is 19.9 Å². The van der Waals surface area contributed by atoms with Crippen LogP contribution < -0.4 is 10.1 Å². The fourth-order valence-corrected chi connectivity index (χ4v) is 2.75. The van der Waals surface area contributed by atoms with Crippen molar-refractivity contribution in [2.24, 2.45) is 0 Å². The van der Waals surface area contributed by atoms with Gasteiger partial charge in [-0.2, -0.15) is 10.1 Å². The Labute approximate surface area is 133 Å². The summed E-state index contributed by atoms with van der Waals surface area (Å²) in [4.78, 5) is 16.5. The molecule has 2 aromatic rings. The molecule has 0 aliphatic carbocycles. The van der Waals surface area contributed by atoms with Crippen LogP contribution in [-0.2, 0) is 9.53 Å². The van der Waals surface area contributed by atoms with Gasteiger partial charge in [0.25, 0.3) is 0 Å². The first kappa shape index (κ1) is 15.1. The number of esters is 1. The molecule has 1 aliphatic heterocycles. The molecule has 1 atom stereocenters. The average Bonchev–Trinajstić information content (AvgIpc) is 3.01. The fourth-order valence-electron chi connectivity index (χ4n) is 2.75. The number of rotatable bonds is 4. The molecule has 1 aromatic carbocycles. The zero-order valence-electron chi connectivity index (χ0n) is 13.2. The Kier molecular flexibility index (Phi) is 4.01. The van der Waals surface area contributed by atoms with Gasteiger partial charge in [0.05, 0.1) is 19.3 Å². The molecule has 23 heavy (non-hydrogen) atoms. The van der Waals surface area contributed by atoms with E-state index in [9.17, 15) is 4.79 Å². The van der Waals surface area contributed by atoms with E-state index >= 15 is 0 Å². The number of fused-ring (bicyclic) bond motifs is 1. The molecular weight excluding hydrogens is 296 g/mol. The quantitative estimate of drug-likeness (QED) is 0.871. The van der Waals surface area contributed by atoms with Crippen LogP contribution in [0, 0.1) is 0 Å². The summed E-state index contributed by atoms with van der Waals surface area (Å²) in [5.41, 5.74) is 2.01. The minimum atomic E-state index is -0.455. The Morgan fingerprint density at radius 1 is 1.39 bits per heavy atom. The number of para-hydroxylation sites is 1. The van der Waals surface area contributed by atoms with Crippen LogP contribution in [0.5, 0.6) is 5.75 Å². The van der Waals surface area contributed by atoms with E-state index in [0.29, 0.717) is 29.6 Å². The summed E-state index contributed by atoms with van der Waals surface area (Å²) in [5.74, 6) is 0.872. The lowest BCUT2D eigenvalue weighted by Crippen LogP contribution is -2.29. The zero-order valence-corrected chi connectivity index (χ0v) is 13.2. The predicted octanol–water partition coefficient (Wildman–Crippen LogP) is 2.14. The number of nitrogens with zero attached hydrogens (tertiary/aromatic N) is 3. The molecule has 3 rings (SSSR count). The first-order chi connectivity index (χ1) is 11.2. The zero-order chi connectivity index (χ0) is 16.4. The van der Waals surface area contributed by atoms with Crippen LogP contribution in [0.2, 0.25) is 0 Å². The van der Waals surface area contributed by atoms with Gasteiger partial charge in [0.1, 0.15) is 18.1 Å². The molecule has 1 unspecified atom stereocenters. The van der Waals surface area contributed by atoms with Crippen molar-refractivity contribution in [3.05, 3.63) is 47.4 Å². The molecule has 2 heterocycles. The van der Waals surface area contributed by atoms with Crippen LogP contribution in [0.1, 0.15) is 25.5 Å². The molecule has 1 N–H and O–H groups in total. The first-order valence-electron chi connectivity index (χ1n) is 7.34. The van der Waals surface area contributed by atoms with Crippen LogP contribution in [0.4, 0.5) is 5.95 Å². The molecule has 0 fully saturated rings. The second-order valence-corrected chi connectivity index (χ2v) is 5.06. The first-order valence-corrected chi connectivity index (χ1v) is 7.34. The van der Waals surface area contributed by atoms with Crippen LogP contribution in [0.3, 0.4) is 0 Å². The van der Waals surface area contributed by atoms with Gasteiger partial charge < -0.3 is 14.8 Å². The summed E-state index contributed by atoms with van der Waals surface area (Å²) in [6.45, 7) is 4.27. The summed E-state index contributed by atoms with van der Waals surface area (Å²) >= 11 is 0. The van der Waals surface area contributed by atoms with Gasteiger partial charge in [-0.1, -0.05) is 18.2 Å². The third-order valence-corrected chi connectivity index (χ3v) is 3.71. The molecule has 1 aromatic heterocycles. The van der Waals surface area contributed by atoms with Gasteiger partial charge in [0.15, 0.2) is 0 Å². The molecule has 7 heteroatoms. The topological polar surface area (TPSA) is 78.3 Å². The van der Waals surface area contributed by atoms with Crippen molar-refractivity contribution in [1.29, 1.82) is 0 Å². The van der Waals surface area contributed by atoms with Gasteiger partial charge in [-0.05, 0) is 19.9 Å². The van der Waals surface area contributed by atoms with E-state index in [1.165, 1.54) is 13.4 Å². The van der Waals surface area contributed by atoms with Crippen molar-refractivity contribution < 1.29 is 14.3 Å². The lowest BCUT2D eigenvalue weighted by atomic mass is 9.95. The van der Waals surface area contributed by atoms with E-state index in [2.05, 4.69) is 15.4 Å². The van der Waals surface area contributed by atoms with Gasteiger partial charge in [-0.3, -0.25) is 0 Å². The highest BCUT2D eigenvalue weighted by molar-refractivity contribution is 5.92. The standard InChI is InChI=1S/C16H18N4O3/c1-4-23-12-8-6-5-7-11(12)14-13(15(21)22-3)10(2)19-16-17-9-18-20(14)16/h5-9,14H,4H2,1-3H3,(H,17,18,19). The molecule has 0 saturated heterocycles. The molecule has 0 spiro atoms. The molecule has 0 amide bonds. The SMILES string of the molecule is CCOc1ccccc1C1C(C(=O)OC)=C(C)Nc2ncnn21. The van der Waals surface area contributed by atoms with Gasteiger partial charge in [-0.25, -0.2) is 9.48 Å². The van der Waals surface area contributed by atoms with Crippen molar-refractivity contribution in [2.75, 3.05) is 19.0 Å². The van der Waals surface area contributed by atoms with Gasteiger partial charge in [0, 0.05) is 11.3 Å². The highest BCUT2D eigenvalue weighted by Crippen LogP contribution is 2.38. The Bertz CT molecular complexity index is 766. The largest absolute Gasteiger partial charge is 0.494 e. The van der Waals surface area contributed by atoms with Crippen LogP contribution in [0.15, 0.2) is 41.9 Å². The molecule has 0 saturated carbocycles. The number of carbonyl (C=O) groups is 1. The maximum Gasteiger partial charge on any atom is 0.338 e. The predicted molar refractivity (Wildman–Crippen MR) is 84.1 cm³/mol. The number of anilines is 1. The summed E-state index contributed by atoms with van der Waals surface area (Å²) in [5, 5.41) is 7.35. The lowest BCUT2D eigenvalue weighted by molar-refractivity contribution is -0.136. The number of ether oxygens (including phenoxy) is 2. The Morgan fingerprint density at radius 3 is 2.91 bits per heavy atom. The Hall–Kier alpha value is -2.83. The van der Waals surface area contributed by atoms with Crippen molar-refractivity contribution in [3.8, 4) is 5.75 Å². The second kappa shape index (κ2) is 6.12. The minimum absolute atomic E-state index is 0.410. The Balaban J connectivity index is 2.20. The summed E-state index contributed by atoms with van der Waals surface area (Å²) in [6, 6.07) is 7.14. The molecule has 7 nitrogen and oxygen atoms in total. The second-order valence-electron chi connectivity index (χ2n) is 5.06. The monoisotopic (exact) mass is 314 g/mol. The maximum absolute atomic E-state index is 12.3. The third-order valence-electron chi connectivity index (χ3n) is 3.71. The number of benzene rings is 1. The van der Waals surface area contributed by atoms with Gasteiger partial charge >= 0.3 is 5.97 Å². The number of methoxy groups -OCH3 is 1. The number of nitrogens with one attached hydrogen (secondary N) is 1. The van der Waals surface area contributed by atoms with Crippen molar-refractivity contribution in [3.63, 3.8) is 0 Å². The van der Waals surface area contributed by atoms with Crippen molar-refractivity contribution in [1.82, 2.24) is 14.8 Å². The molecule has 1 aliphatic rings. The number of aromatic nitrogens is 3. The Morgan fingerprint density at radius 2 is 2.17 bits per heavy atom.